The molecule has 6 nitrogen and oxygen atoms in total. The highest BCUT2D eigenvalue weighted by Crippen LogP contribution is 2.30. The number of carbonyl (C=O) groups excluding carboxylic acids is 2. The first-order chi connectivity index (χ1) is 11.9. The van der Waals surface area contributed by atoms with E-state index in [1.807, 2.05) is 32.0 Å². The second-order valence-electron chi connectivity index (χ2n) is 6.63. The number of carbonyl (C=O) groups is 2. The van der Waals surface area contributed by atoms with Crippen LogP contribution >= 0.6 is 0 Å². The average Bonchev–Trinajstić information content (AvgIpc) is 2.63. The number of hydroxylamine groups is 2. The van der Waals surface area contributed by atoms with Crippen LogP contribution in [0.2, 0.25) is 0 Å². The summed E-state index contributed by atoms with van der Waals surface area (Å²) in [5.74, 6) is -0.436. The van der Waals surface area contributed by atoms with Crippen molar-refractivity contribution in [3.8, 4) is 0 Å². The molecule has 0 radical (unpaired) electrons. The lowest BCUT2D eigenvalue weighted by Gasteiger charge is -2.44. The van der Waals surface area contributed by atoms with Gasteiger partial charge in [0.05, 0.1) is 20.6 Å². The van der Waals surface area contributed by atoms with Crippen LogP contribution in [0.15, 0.2) is 18.2 Å². The molecule has 1 aliphatic heterocycles. The van der Waals surface area contributed by atoms with Crippen molar-refractivity contribution in [3.05, 3.63) is 34.9 Å². The van der Waals surface area contributed by atoms with Crippen molar-refractivity contribution < 1.29 is 19.2 Å². The van der Waals surface area contributed by atoms with Gasteiger partial charge in [0, 0.05) is 20.1 Å². The molecule has 25 heavy (non-hydrogen) atoms. The first-order valence-corrected chi connectivity index (χ1v) is 8.55. The largest absolute Gasteiger partial charge is 0.467 e. The van der Waals surface area contributed by atoms with Gasteiger partial charge in [0.2, 0.25) is 5.91 Å². The number of ether oxygens (including phenoxy) is 1. The van der Waals surface area contributed by atoms with Crippen LogP contribution < -0.4 is 0 Å². The van der Waals surface area contributed by atoms with Crippen LogP contribution in [0.4, 0.5) is 0 Å². The summed E-state index contributed by atoms with van der Waals surface area (Å²) in [7, 11) is 4.69. The molecule has 0 aliphatic carbocycles. The Morgan fingerprint density at radius 3 is 2.20 bits per heavy atom. The van der Waals surface area contributed by atoms with Gasteiger partial charge in [-0.3, -0.25) is 4.79 Å². The zero-order valence-corrected chi connectivity index (χ0v) is 15.8. The van der Waals surface area contributed by atoms with Crippen LogP contribution in [0.5, 0.6) is 0 Å². The first-order valence-electron chi connectivity index (χ1n) is 8.55. The minimum absolute atomic E-state index is 0.0753. The Labute approximate surface area is 149 Å². The van der Waals surface area contributed by atoms with Gasteiger partial charge >= 0.3 is 5.97 Å². The molecule has 0 spiro atoms. The van der Waals surface area contributed by atoms with Gasteiger partial charge in [-0.2, -0.15) is 5.06 Å². The molecule has 1 amide bonds. The van der Waals surface area contributed by atoms with Crippen LogP contribution in [0.1, 0.15) is 29.5 Å². The number of methoxy groups -OCH3 is 1. The number of esters is 1. The predicted octanol–water partition coefficient (Wildman–Crippen LogP) is 1.87. The molecule has 0 bridgehead atoms. The second kappa shape index (κ2) is 7.97. The molecule has 1 aliphatic rings. The van der Waals surface area contributed by atoms with Gasteiger partial charge in [0.15, 0.2) is 0 Å². The highest BCUT2D eigenvalue weighted by Gasteiger charge is 2.47. The number of hydrogen-bond donors (Lipinski definition) is 0. The standard InChI is InChI=1S/C19H28N2O4/c1-14-7-6-8-15(2)16(14)13-17(22)20(3)19(18(23)24-4)9-11-21(25-5)12-10-19/h6-8H,9-13H2,1-5H3. The molecule has 6 heteroatoms. The zero-order valence-electron chi connectivity index (χ0n) is 15.8. The summed E-state index contributed by atoms with van der Waals surface area (Å²) in [4.78, 5) is 32.3. The third-order valence-corrected chi connectivity index (χ3v) is 5.36. The summed E-state index contributed by atoms with van der Waals surface area (Å²) < 4.78 is 5.04. The maximum atomic E-state index is 13.0. The van der Waals surface area contributed by atoms with Gasteiger partial charge in [-0.25, -0.2) is 4.79 Å². The van der Waals surface area contributed by atoms with E-state index in [1.54, 1.807) is 24.1 Å². The van der Waals surface area contributed by atoms with E-state index in [0.717, 1.165) is 16.7 Å². The van der Waals surface area contributed by atoms with Gasteiger partial charge < -0.3 is 14.5 Å². The van der Waals surface area contributed by atoms with E-state index in [2.05, 4.69) is 0 Å². The Balaban J connectivity index is 2.23. The molecule has 0 N–H and O–H groups in total. The van der Waals surface area contributed by atoms with E-state index in [1.165, 1.54) is 7.11 Å². The minimum atomic E-state index is -0.933. The molecule has 1 aromatic carbocycles. The molecule has 138 valence electrons. The summed E-state index contributed by atoms with van der Waals surface area (Å²) >= 11 is 0. The fourth-order valence-corrected chi connectivity index (χ4v) is 3.54. The van der Waals surface area contributed by atoms with Gasteiger partial charge in [-0.05, 0) is 43.4 Å². The van der Waals surface area contributed by atoms with Gasteiger partial charge in [-0.1, -0.05) is 18.2 Å². The van der Waals surface area contributed by atoms with Gasteiger partial charge in [-0.15, -0.1) is 0 Å². The van der Waals surface area contributed by atoms with E-state index in [9.17, 15) is 9.59 Å². The Bertz CT molecular complexity index is 616. The van der Waals surface area contributed by atoms with Crippen LogP contribution in [0, 0.1) is 13.8 Å². The molecule has 0 unspecified atom stereocenters. The third kappa shape index (κ3) is 3.85. The number of benzene rings is 1. The number of rotatable bonds is 5. The normalized spacial score (nSPS) is 17.2. The molecule has 1 heterocycles. The Morgan fingerprint density at radius 1 is 1.16 bits per heavy atom. The number of hydrogen-bond acceptors (Lipinski definition) is 5. The van der Waals surface area contributed by atoms with Crippen molar-refractivity contribution in [1.82, 2.24) is 9.96 Å². The Hall–Kier alpha value is -1.92. The minimum Gasteiger partial charge on any atom is -0.467 e. The predicted molar refractivity (Wildman–Crippen MR) is 95.0 cm³/mol. The van der Waals surface area contributed by atoms with Crippen molar-refractivity contribution in [2.24, 2.45) is 0 Å². The molecule has 0 atom stereocenters. The van der Waals surface area contributed by atoms with Crippen molar-refractivity contribution in [2.75, 3.05) is 34.4 Å². The number of nitrogens with zero attached hydrogens (tertiary/aromatic N) is 2. The summed E-state index contributed by atoms with van der Waals surface area (Å²) in [6, 6.07) is 5.99. The Morgan fingerprint density at radius 2 is 1.72 bits per heavy atom. The quantitative estimate of drug-likeness (QED) is 0.761. The maximum Gasteiger partial charge on any atom is 0.331 e. The van der Waals surface area contributed by atoms with Crippen molar-refractivity contribution >= 4 is 11.9 Å². The number of piperidine rings is 1. The highest BCUT2D eigenvalue weighted by atomic mass is 16.7. The monoisotopic (exact) mass is 348 g/mol. The van der Waals surface area contributed by atoms with Crippen LogP contribution in [-0.4, -0.2) is 61.7 Å². The molecule has 2 rings (SSSR count). The summed E-state index contributed by atoms with van der Waals surface area (Å²) in [5, 5.41) is 1.80. The topological polar surface area (TPSA) is 59.1 Å². The zero-order chi connectivity index (χ0) is 18.6. The fourth-order valence-electron chi connectivity index (χ4n) is 3.54. The second-order valence-corrected chi connectivity index (χ2v) is 6.63. The van der Waals surface area contributed by atoms with Crippen molar-refractivity contribution in [1.29, 1.82) is 0 Å². The molecular weight excluding hydrogens is 320 g/mol. The summed E-state index contributed by atoms with van der Waals surface area (Å²) in [6.45, 7) is 5.16. The maximum absolute atomic E-state index is 13.0. The molecule has 1 saturated heterocycles. The van der Waals surface area contributed by atoms with Crippen LogP contribution in [0.3, 0.4) is 0 Å². The lowest BCUT2D eigenvalue weighted by Crippen LogP contribution is -2.61. The van der Waals surface area contributed by atoms with E-state index >= 15 is 0 Å². The fraction of sp³-hybridized carbons (Fsp3) is 0.579. The first kappa shape index (κ1) is 19.4. The lowest BCUT2D eigenvalue weighted by molar-refractivity contribution is -0.183. The molecule has 1 aromatic rings. The van der Waals surface area contributed by atoms with Crippen LogP contribution in [0.25, 0.3) is 0 Å². The number of aryl methyl sites for hydroxylation is 2. The van der Waals surface area contributed by atoms with Crippen molar-refractivity contribution in [3.63, 3.8) is 0 Å². The summed E-state index contributed by atoms with van der Waals surface area (Å²) in [5.41, 5.74) is 2.26. The van der Waals surface area contributed by atoms with Crippen molar-refractivity contribution in [2.45, 2.75) is 38.6 Å². The lowest BCUT2D eigenvalue weighted by atomic mass is 9.85. The van der Waals surface area contributed by atoms with E-state index in [-0.39, 0.29) is 18.3 Å². The van der Waals surface area contributed by atoms with E-state index < -0.39 is 5.54 Å². The van der Waals surface area contributed by atoms with Gasteiger partial charge in [0.25, 0.3) is 0 Å². The number of likely N-dealkylation sites (N-methyl/N-ethyl adjacent to an activating group) is 1. The molecule has 1 fully saturated rings. The number of amides is 1. The van der Waals surface area contributed by atoms with E-state index in [4.69, 9.17) is 9.57 Å². The molecule has 0 aromatic heterocycles. The summed E-state index contributed by atoms with van der Waals surface area (Å²) in [6.07, 6.45) is 1.26. The third-order valence-electron chi connectivity index (χ3n) is 5.36. The van der Waals surface area contributed by atoms with Crippen LogP contribution in [-0.2, 0) is 25.6 Å². The Kier molecular flexibility index (Phi) is 6.19. The average molecular weight is 348 g/mol. The molecular formula is C19H28N2O4. The van der Waals surface area contributed by atoms with Gasteiger partial charge in [0.1, 0.15) is 5.54 Å². The highest BCUT2D eigenvalue weighted by molar-refractivity contribution is 5.89. The smallest absolute Gasteiger partial charge is 0.331 e. The SMILES string of the molecule is COC(=O)C1(N(C)C(=O)Cc2c(C)cccc2C)CCN(OC)CC1. The van der Waals surface area contributed by atoms with E-state index in [0.29, 0.717) is 25.9 Å². The molecule has 0 saturated carbocycles.